The van der Waals surface area contributed by atoms with Gasteiger partial charge in [-0.2, -0.15) is 5.26 Å². The minimum Gasteiger partial charge on any atom is -0.338 e. The number of thioether (sulfide) groups is 1. The molecule has 2 rings (SSSR count). The van der Waals surface area contributed by atoms with Crippen LogP contribution in [0.25, 0.3) is 0 Å². The molecule has 0 radical (unpaired) electrons. The van der Waals surface area contributed by atoms with E-state index in [-0.39, 0.29) is 10.6 Å². The van der Waals surface area contributed by atoms with Crippen molar-refractivity contribution in [3.8, 4) is 6.07 Å². The lowest BCUT2D eigenvalue weighted by molar-refractivity contribution is 0.0711. The fraction of sp³-hybridized carbons (Fsp3) is 0.429. The van der Waals surface area contributed by atoms with Crippen LogP contribution in [0.4, 0.5) is 8.78 Å². The predicted molar refractivity (Wildman–Crippen MR) is 78.4 cm³/mol. The van der Waals surface area contributed by atoms with Crippen molar-refractivity contribution in [1.29, 1.82) is 5.26 Å². The first kappa shape index (κ1) is 16.1. The highest BCUT2D eigenvalue weighted by atomic mass is 35.5. The maximum absolute atomic E-state index is 13.8. The second-order valence-corrected chi connectivity index (χ2v) is 6.45. The summed E-state index contributed by atoms with van der Waals surface area (Å²) in [6, 6.07) is 3.89. The Morgan fingerprint density at radius 3 is 2.52 bits per heavy atom. The van der Waals surface area contributed by atoms with E-state index in [4.69, 9.17) is 11.6 Å². The van der Waals surface area contributed by atoms with Gasteiger partial charge >= 0.3 is 0 Å². The van der Waals surface area contributed by atoms with Crippen LogP contribution in [0.15, 0.2) is 12.1 Å². The first-order valence-electron chi connectivity index (χ1n) is 6.32. The molecule has 0 N–H and O–H groups in total. The number of piperidine rings is 1. The van der Waals surface area contributed by atoms with Crippen LogP contribution in [0.2, 0.25) is 5.02 Å². The predicted octanol–water partition coefficient (Wildman–Crippen LogP) is 3.48. The standard InChI is InChI=1S/C14H13ClF2N2OS/c1-21-14(8-18)2-4-19(5-3-14)13(20)9-6-12(17)10(15)7-11(9)16/h6-7H,2-5H2,1H3. The molecule has 1 fully saturated rings. The second-order valence-electron chi connectivity index (χ2n) is 4.85. The van der Waals surface area contributed by atoms with Gasteiger partial charge in [0.2, 0.25) is 0 Å². The van der Waals surface area contributed by atoms with Gasteiger partial charge in [0, 0.05) is 13.1 Å². The number of carbonyl (C=O) groups is 1. The lowest BCUT2D eigenvalue weighted by Gasteiger charge is -2.36. The molecular weight excluding hydrogens is 318 g/mol. The van der Waals surface area contributed by atoms with Crippen LogP contribution in [0.3, 0.4) is 0 Å². The number of rotatable bonds is 2. The molecule has 3 nitrogen and oxygen atoms in total. The van der Waals surface area contributed by atoms with Crippen molar-refractivity contribution in [2.75, 3.05) is 19.3 Å². The molecule has 7 heteroatoms. The molecule has 1 saturated heterocycles. The zero-order valence-electron chi connectivity index (χ0n) is 11.3. The molecule has 112 valence electrons. The van der Waals surface area contributed by atoms with E-state index >= 15 is 0 Å². The average molecular weight is 331 g/mol. The van der Waals surface area contributed by atoms with Crippen LogP contribution in [-0.2, 0) is 0 Å². The van der Waals surface area contributed by atoms with Crippen molar-refractivity contribution in [2.24, 2.45) is 0 Å². The number of halogens is 3. The van der Waals surface area contributed by atoms with Crippen molar-refractivity contribution < 1.29 is 13.6 Å². The van der Waals surface area contributed by atoms with E-state index in [0.717, 1.165) is 12.1 Å². The summed E-state index contributed by atoms with van der Waals surface area (Å²) in [6.07, 6.45) is 2.87. The molecule has 1 aliphatic rings. The molecule has 1 aromatic carbocycles. The Hall–Kier alpha value is -1.32. The van der Waals surface area contributed by atoms with Crippen LogP contribution < -0.4 is 0 Å². The summed E-state index contributed by atoms with van der Waals surface area (Å²) in [5.41, 5.74) is -0.328. The van der Waals surface area contributed by atoms with E-state index in [2.05, 4.69) is 6.07 Å². The maximum atomic E-state index is 13.8. The van der Waals surface area contributed by atoms with Gasteiger partial charge < -0.3 is 4.90 Å². The summed E-state index contributed by atoms with van der Waals surface area (Å²) >= 11 is 6.93. The van der Waals surface area contributed by atoms with Gasteiger partial charge in [0.25, 0.3) is 5.91 Å². The normalized spacial score (nSPS) is 17.4. The number of hydrogen-bond acceptors (Lipinski definition) is 3. The Balaban J connectivity index is 2.17. The third-order valence-corrected chi connectivity index (χ3v) is 5.26. The van der Waals surface area contributed by atoms with Crippen molar-refractivity contribution in [3.63, 3.8) is 0 Å². The summed E-state index contributed by atoms with van der Waals surface area (Å²) in [6.45, 7) is 0.688. The van der Waals surface area contributed by atoms with Gasteiger partial charge in [-0.15, -0.1) is 11.8 Å². The van der Waals surface area contributed by atoms with Crippen LogP contribution in [0.1, 0.15) is 23.2 Å². The molecular formula is C14H13ClF2N2OS. The molecule has 0 unspecified atom stereocenters. The molecule has 0 spiro atoms. The number of hydrogen-bond donors (Lipinski definition) is 0. The lowest BCUT2D eigenvalue weighted by Crippen LogP contribution is -2.44. The van der Waals surface area contributed by atoms with Crippen molar-refractivity contribution >= 4 is 29.3 Å². The summed E-state index contributed by atoms with van der Waals surface area (Å²) in [5, 5.41) is 8.84. The van der Waals surface area contributed by atoms with Crippen LogP contribution in [0.5, 0.6) is 0 Å². The molecule has 0 aromatic heterocycles. The fourth-order valence-corrected chi connectivity index (χ4v) is 3.12. The first-order valence-corrected chi connectivity index (χ1v) is 7.93. The number of amides is 1. The van der Waals surface area contributed by atoms with Gasteiger partial charge in [0.05, 0.1) is 16.7 Å². The highest BCUT2D eigenvalue weighted by Crippen LogP contribution is 2.34. The Morgan fingerprint density at radius 2 is 2.00 bits per heavy atom. The number of nitriles is 1. The third-order valence-electron chi connectivity index (χ3n) is 3.69. The minimum absolute atomic E-state index is 0.328. The van der Waals surface area contributed by atoms with Crippen LogP contribution >= 0.6 is 23.4 Å². The van der Waals surface area contributed by atoms with Gasteiger partial charge in [0.1, 0.15) is 16.4 Å². The Labute approximate surface area is 130 Å². The van der Waals surface area contributed by atoms with Gasteiger partial charge in [0.15, 0.2) is 0 Å². The number of nitrogens with zero attached hydrogens (tertiary/aromatic N) is 2. The first-order chi connectivity index (χ1) is 9.92. The fourth-order valence-electron chi connectivity index (χ4n) is 2.29. The molecule has 1 amide bonds. The summed E-state index contributed by atoms with van der Waals surface area (Å²) in [5.74, 6) is -2.24. The van der Waals surface area contributed by atoms with Gasteiger partial charge in [-0.1, -0.05) is 11.6 Å². The van der Waals surface area contributed by atoms with Crippen molar-refractivity contribution in [2.45, 2.75) is 17.6 Å². The summed E-state index contributed by atoms with van der Waals surface area (Å²) in [7, 11) is 0. The average Bonchev–Trinajstić information content (AvgIpc) is 2.50. The summed E-state index contributed by atoms with van der Waals surface area (Å²) in [4.78, 5) is 13.7. The largest absolute Gasteiger partial charge is 0.338 e. The van der Waals surface area contributed by atoms with Crippen molar-refractivity contribution in [3.05, 3.63) is 34.4 Å². The van der Waals surface area contributed by atoms with E-state index in [1.54, 1.807) is 0 Å². The van der Waals surface area contributed by atoms with Crippen LogP contribution in [0, 0.1) is 23.0 Å². The molecule has 0 aliphatic carbocycles. The zero-order chi connectivity index (χ0) is 15.6. The minimum atomic E-state index is -0.839. The topological polar surface area (TPSA) is 44.1 Å². The Morgan fingerprint density at radius 1 is 1.38 bits per heavy atom. The smallest absolute Gasteiger partial charge is 0.256 e. The monoisotopic (exact) mass is 330 g/mol. The highest BCUT2D eigenvalue weighted by Gasteiger charge is 2.36. The van der Waals surface area contributed by atoms with E-state index in [0.29, 0.717) is 25.9 Å². The molecule has 1 aliphatic heterocycles. The molecule has 0 atom stereocenters. The Kier molecular flexibility index (Phi) is 4.74. The highest BCUT2D eigenvalue weighted by molar-refractivity contribution is 8.00. The van der Waals surface area contributed by atoms with E-state index < -0.39 is 22.3 Å². The Bertz CT molecular complexity index is 610. The van der Waals surface area contributed by atoms with E-state index in [9.17, 15) is 18.8 Å². The maximum Gasteiger partial charge on any atom is 0.256 e. The molecule has 0 bridgehead atoms. The number of benzene rings is 1. The summed E-state index contributed by atoms with van der Waals surface area (Å²) < 4.78 is 26.7. The number of likely N-dealkylation sites (tertiary alicyclic amines) is 1. The molecule has 1 heterocycles. The zero-order valence-corrected chi connectivity index (χ0v) is 12.9. The molecule has 0 saturated carbocycles. The SMILES string of the molecule is CSC1(C#N)CCN(C(=O)c2cc(F)c(Cl)cc2F)CC1. The van der Waals surface area contributed by atoms with Crippen LogP contribution in [-0.4, -0.2) is 34.9 Å². The lowest BCUT2D eigenvalue weighted by atomic mass is 9.96. The quantitative estimate of drug-likeness (QED) is 0.780. The molecule has 21 heavy (non-hydrogen) atoms. The second kappa shape index (κ2) is 6.20. The van der Waals surface area contributed by atoms with E-state index in [1.165, 1.54) is 16.7 Å². The van der Waals surface area contributed by atoms with Gasteiger partial charge in [-0.05, 0) is 31.2 Å². The van der Waals surface area contributed by atoms with Gasteiger partial charge in [-0.3, -0.25) is 4.79 Å². The van der Waals surface area contributed by atoms with Crippen molar-refractivity contribution in [1.82, 2.24) is 4.90 Å². The van der Waals surface area contributed by atoms with Gasteiger partial charge in [-0.25, -0.2) is 8.78 Å². The number of carbonyl (C=O) groups excluding carboxylic acids is 1. The third kappa shape index (κ3) is 3.14. The molecule has 1 aromatic rings. The van der Waals surface area contributed by atoms with E-state index in [1.807, 2.05) is 6.26 Å².